The largest absolute Gasteiger partial charge is 0.482 e. The topological polar surface area (TPSA) is 58.6 Å². The normalized spacial score (nSPS) is 20.4. The zero-order valence-corrected chi connectivity index (χ0v) is 18.6. The highest BCUT2D eigenvalue weighted by molar-refractivity contribution is 5.99. The van der Waals surface area contributed by atoms with Gasteiger partial charge in [0, 0.05) is 17.2 Å². The van der Waals surface area contributed by atoms with Gasteiger partial charge in [-0.15, -0.1) is 0 Å². The Morgan fingerprint density at radius 3 is 2.69 bits per heavy atom. The second-order valence-corrected chi connectivity index (χ2v) is 8.89. The fourth-order valence-corrected chi connectivity index (χ4v) is 4.70. The molecule has 6 heteroatoms. The summed E-state index contributed by atoms with van der Waals surface area (Å²) >= 11 is 0. The Bertz CT molecular complexity index is 969. The highest BCUT2D eigenvalue weighted by atomic mass is 19.1. The van der Waals surface area contributed by atoms with Gasteiger partial charge in [-0.3, -0.25) is 9.59 Å². The fourth-order valence-electron chi connectivity index (χ4n) is 4.70. The lowest BCUT2D eigenvalue weighted by Crippen LogP contribution is -2.38. The summed E-state index contributed by atoms with van der Waals surface area (Å²) in [6.07, 6.45) is 7.82. The van der Waals surface area contributed by atoms with Gasteiger partial charge in [-0.1, -0.05) is 44.4 Å². The molecular weight excluding hydrogens is 407 g/mol. The first-order valence-corrected chi connectivity index (χ1v) is 11.7. The van der Waals surface area contributed by atoms with Crippen molar-refractivity contribution in [2.45, 2.75) is 58.4 Å². The van der Waals surface area contributed by atoms with Crippen LogP contribution in [0.4, 0.5) is 15.8 Å². The number of carbonyl (C=O) groups is 2. The molecule has 0 unspecified atom stereocenters. The van der Waals surface area contributed by atoms with E-state index in [0.29, 0.717) is 22.7 Å². The molecule has 1 aliphatic carbocycles. The molecule has 1 heterocycles. The highest BCUT2D eigenvalue weighted by Crippen LogP contribution is 2.37. The molecule has 170 valence electrons. The third kappa shape index (κ3) is 5.12. The van der Waals surface area contributed by atoms with E-state index in [1.165, 1.54) is 30.2 Å². The summed E-state index contributed by atoms with van der Waals surface area (Å²) in [5, 5.41) is 3.02. The summed E-state index contributed by atoms with van der Waals surface area (Å²) < 4.78 is 19.7. The van der Waals surface area contributed by atoms with Crippen LogP contribution in [-0.2, 0) is 16.1 Å². The van der Waals surface area contributed by atoms with Crippen molar-refractivity contribution >= 4 is 23.2 Å². The number of anilines is 2. The first-order chi connectivity index (χ1) is 15.5. The van der Waals surface area contributed by atoms with Gasteiger partial charge in [0.2, 0.25) is 5.91 Å². The summed E-state index contributed by atoms with van der Waals surface area (Å²) in [5.41, 5.74) is 1.60. The van der Waals surface area contributed by atoms with Crippen molar-refractivity contribution in [2.75, 3.05) is 16.8 Å². The van der Waals surface area contributed by atoms with Crippen LogP contribution in [-0.4, -0.2) is 18.4 Å². The molecule has 0 bridgehead atoms. The van der Waals surface area contributed by atoms with E-state index < -0.39 is 0 Å². The molecule has 32 heavy (non-hydrogen) atoms. The van der Waals surface area contributed by atoms with Crippen LogP contribution in [0.1, 0.15) is 57.4 Å². The number of hydrogen-bond acceptors (Lipinski definition) is 3. The van der Waals surface area contributed by atoms with Gasteiger partial charge in [-0.05, 0) is 55.9 Å². The Hall–Kier alpha value is -2.89. The van der Waals surface area contributed by atoms with Crippen molar-refractivity contribution in [3.63, 3.8) is 0 Å². The van der Waals surface area contributed by atoms with Crippen LogP contribution in [0.25, 0.3) is 0 Å². The lowest BCUT2D eigenvalue weighted by atomic mass is 9.79. The zero-order valence-electron chi connectivity index (χ0n) is 18.6. The number of carbonyl (C=O) groups excluding carboxylic acids is 2. The molecule has 5 nitrogen and oxygen atoms in total. The molecule has 1 aliphatic heterocycles. The van der Waals surface area contributed by atoms with E-state index in [0.717, 1.165) is 31.6 Å². The SMILES string of the molecule is CCCCC1CCC(C(=O)Nc2ccc3c(c2)N(Cc2ccccc2F)C(=O)CO3)CC1. The number of halogens is 1. The third-order valence-corrected chi connectivity index (χ3v) is 6.64. The first kappa shape index (κ1) is 22.3. The van der Waals surface area contributed by atoms with Gasteiger partial charge >= 0.3 is 0 Å². The molecule has 2 aromatic rings. The van der Waals surface area contributed by atoms with E-state index in [1.807, 2.05) is 0 Å². The molecule has 2 aliphatic rings. The van der Waals surface area contributed by atoms with Gasteiger partial charge in [-0.25, -0.2) is 4.39 Å². The minimum atomic E-state index is -0.354. The van der Waals surface area contributed by atoms with Crippen molar-refractivity contribution in [3.05, 3.63) is 53.8 Å². The van der Waals surface area contributed by atoms with Gasteiger partial charge in [0.05, 0.1) is 12.2 Å². The Balaban J connectivity index is 1.44. The van der Waals surface area contributed by atoms with Crippen LogP contribution in [0.3, 0.4) is 0 Å². The lowest BCUT2D eigenvalue weighted by molar-refractivity contribution is -0.121. The van der Waals surface area contributed by atoms with Crippen molar-refractivity contribution in [1.82, 2.24) is 0 Å². The van der Waals surface area contributed by atoms with Crippen LogP contribution >= 0.6 is 0 Å². The van der Waals surface area contributed by atoms with E-state index in [4.69, 9.17) is 4.74 Å². The highest BCUT2D eigenvalue weighted by Gasteiger charge is 2.29. The van der Waals surface area contributed by atoms with Gasteiger partial charge in [0.15, 0.2) is 6.61 Å². The third-order valence-electron chi connectivity index (χ3n) is 6.64. The Kier molecular flexibility index (Phi) is 7.08. The van der Waals surface area contributed by atoms with Crippen LogP contribution in [0.5, 0.6) is 5.75 Å². The molecular formula is C26H31FN2O3. The number of ether oxygens (including phenoxy) is 1. The van der Waals surface area contributed by atoms with Crippen molar-refractivity contribution in [3.8, 4) is 5.75 Å². The zero-order chi connectivity index (χ0) is 22.5. The van der Waals surface area contributed by atoms with E-state index in [1.54, 1.807) is 36.4 Å². The van der Waals surface area contributed by atoms with E-state index >= 15 is 0 Å². The van der Waals surface area contributed by atoms with Crippen molar-refractivity contribution in [2.24, 2.45) is 11.8 Å². The predicted molar refractivity (Wildman–Crippen MR) is 123 cm³/mol. The number of unbranched alkanes of at least 4 members (excludes halogenated alkanes) is 1. The molecule has 1 N–H and O–H groups in total. The molecule has 0 aromatic heterocycles. The van der Waals surface area contributed by atoms with E-state index in [9.17, 15) is 14.0 Å². The summed E-state index contributed by atoms with van der Waals surface area (Å²) in [5.74, 6) is 0.758. The van der Waals surface area contributed by atoms with Gasteiger partial charge in [0.25, 0.3) is 5.91 Å². The number of benzene rings is 2. The van der Waals surface area contributed by atoms with Gasteiger partial charge < -0.3 is 15.0 Å². The summed E-state index contributed by atoms with van der Waals surface area (Å²) in [6.45, 7) is 2.24. The Morgan fingerprint density at radius 2 is 1.94 bits per heavy atom. The maximum Gasteiger partial charge on any atom is 0.265 e. The Labute approximate surface area is 188 Å². The summed E-state index contributed by atoms with van der Waals surface area (Å²) in [4.78, 5) is 26.9. The number of nitrogens with zero attached hydrogens (tertiary/aromatic N) is 1. The average molecular weight is 439 g/mol. The van der Waals surface area contributed by atoms with Crippen LogP contribution in [0.2, 0.25) is 0 Å². The lowest BCUT2D eigenvalue weighted by Gasteiger charge is -2.30. The molecule has 1 saturated carbocycles. The maximum atomic E-state index is 14.2. The smallest absolute Gasteiger partial charge is 0.265 e. The number of nitrogens with one attached hydrogen (secondary N) is 1. The maximum absolute atomic E-state index is 14.2. The number of hydrogen-bond donors (Lipinski definition) is 1. The summed E-state index contributed by atoms with van der Waals surface area (Å²) in [6, 6.07) is 11.7. The van der Waals surface area contributed by atoms with Crippen molar-refractivity contribution < 1.29 is 18.7 Å². The molecule has 0 saturated heterocycles. The Morgan fingerprint density at radius 1 is 1.16 bits per heavy atom. The van der Waals surface area contributed by atoms with Crippen LogP contribution in [0, 0.1) is 17.7 Å². The van der Waals surface area contributed by atoms with Gasteiger partial charge in [0.1, 0.15) is 11.6 Å². The molecule has 2 amide bonds. The van der Waals surface area contributed by atoms with Crippen LogP contribution in [0.15, 0.2) is 42.5 Å². The average Bonchev–Trinajstić information content (AvgIpc) is 2.81. The molecule has 1 fully saturated rings. The second kappa shape index (κ2) is 10.2. The predicted octanol–water partition coefficient (Wildman–Crippen LogP) is 5.69. The van der Waals surface area contributed by atoms with Crippen LogP contribution < -0.4 is 15.0 Å². The minimum Gasteiger partial charge on any atom is -0.482 e. The van der Waals surface area contributed by atoms with Crippen molar-refractivity contribution in [1.29, 1.82) is 0 Å². The minimum absolute atomic E-state index is 0.0244. The molecule has 2 aromatic carbocycles. The summed E-state index contributed by atoms with van der Waals surface area (Å²) in [7, 11) is 0. The molecule has 4 rings (SSSR count). The number of rotatable bonds is 7. The number of fused-ring (bicyclic) bond motifs is 1. The van der Waals surface area contributed by atoms with E-state index in [-0.39, 0.29) is 36.7 Å². The standard InChI is InChI=1S/C26H31FN2O3/c1-2-3-6-18-9-11-19(12-10-18)26(31)28-21-13-14-24-23(15-21)29(25(30)17-32-24)16-20-7-4-5-8-22(20)27/h4-5,7-8,13-15,18-19H,2-3,6,9-12,16-17H2,1H3,(H,28,31). The monoisotopic (exact) mass is 438 g/mol. The second-order valence-electron chi connectivity index (χ2n) is 8.89. The fraction of sp³-hybridized carbons (Fsp3) is 0.462. The molecule has 0 spiro atoms. The number of amides is 2. The molecule has 0 radical (unpaired) electrons. The first-order valence-electron chi connectivity index (χ1n) is 11.7. The van der Waals surface area contributed by atoms with E-state index in [2.05, 4.69) is 12.2 Å². The molecule has 0 atom stereocenters. The van der Waals surface area contributed by atoms with Gasteiger partial charge in [-0.2, -0.15) is 0 Å². The quantitative estimate of drug-likeness (QED) is 0.604.